The predicted molar refractivity (Wildman–Crippen MR) is 74.8 cm³/mol. The summed E-state index contributed by atoms with van der Waals surface area (Å²) >= 11 is 1.25. The molecule has 22 heavy (non-hydrogen) atoms. The Morgan fingerprint density at radius 2 is 2.05 bits per heavy atom. The molecule has 0 saturated carbocycles. The van der Waals surface area contributed by atoms with Crippen LogP contribution in [0, 0.1) is 6.92 Å². The van der Waals surface area contributed by atoms with Gasteiger partial charge in [0.25, 0.3) is 0 Å². The first-order valence-electron chi connectivity index (χ1n) is 6.20. The molecule has 2 N–H and O–H groups in total. The predicted octanol–water partition coefficient (Wildman–Crippen LogP) is 2.35. The van der Waals surface area contributed by atoms with Gasteiger partial charge in [-0.1, -0.05) is 0 Å². The van der Waals surface area contributed by atoms with Crippen LogP contribution in [0.2, 0.25) is 0 Å². The molecule has 3 aromatic rings. The Kier molecular flexibility index (Phi) is 3.77. The number of hydrogen-bond donors (Lipinski definition) is 2. The van der Waals surface area contributed by atoms with Crippen molar-refractivity contribution in [1.82, 2.24) is 14.6 Å². The summed E-state index contributed by atoms with van der Waals surface area (Å²) in [6.07, 6.45) is 2.49. The second-order valence-electron chi connectivity index (χ2n) is 4.49. The standard InChI is InChI=1S/C13H11F2N3O3S/c1-6-8(2-10(22-6)12(19)20)9-4-17-18-5-7(21-13(14)15)3-16-11(9)18/h2-5,12-13,19-20H,1H3. The third kappa shape index (κ3) is 2.65. The lowest BCUT2D eigenvalue weighted by molar-refractivity contribution is -0.0504. The van der Waals surface area contributed by atoms with Crippen molar-refractivity contribution in [1.29, 1.82) is 0 Å². The number of fused-ring (bicyclic) bond motifs is 1. The van der Waals surface area contributed by atoms with Crippen molar-refractivity contribution in [3.05, 3.63) is 34.4 Å². The number of hydrogen-bond acceptors (Lipinski definition) is 6. The van der Waals surface area contributed by atoms with Crippen LogP contribution in [0.25, 0.3) is 16.8 Å². The zero-order valence-electron chi connectivity index (χ0n) is 11.3. The van der Waals surface area contributed by atoms with E-state index in [1.165, 1.54) is 34.4 Å². The van der Waals surface area contributed by atoms with Gasteiger partial charge in [-0.05, 0) is 13.0 Å². The average Bonchev–Trinajstić information content (AvgIpc) is 3.01. The molecule has 0 bridgehead atoms. The lowest BCUT2D eigenvalue weighted by Gasteiger charge is -2.04. The monoisotopic (exact) mass is 327 g/mol. The van der Waals surface area contributed by atoms with E-state index >= 15 is 0 Å². The van der Waals surface area contributed by atoms with Gasteiger partial charge < -0.3 is 14.9 Å². The summed E-state index contributed by atoms with van der Waals surface area (Å²) in [5, 5.41) is 22.5. The minimum absolute atomic E-state index is 0.0920. The van der Waals surface area contributed by atoms with Crippen molar-refractivity contribution in [2.75, 3.05) is 0 Å². The molecule has 3 rings (SSSR count). The molecule has 0 aliphatic rings. The fourth-order valence-corrected chi connectivity index (χ4v) is 3.03. The lowest BCUT2D eigenvalue weighted by atomic mass is 10.1. The summed E-state index contributed by atoms with van der Waals surface area (Å²) in [6.45, 7) is -1.09. The van der Waals surface area contributed by atoms with E-state index in [1.54, 1.807) is 6.07 Å². The third-order valence-electron chi connectivity index (χ3n) is 3.04. The van der Waals surface area contributed by atoms with E-state index in [-0.39, 0.29) is 5.75 Å². The van der Waals surface area contributed by atoms with Crippen molar-refractivity contribution in [2.24, 2.45) is 0 Å². The summed E-state index contributed by atoms with van der Waals surface area (Å²) in [4.78, 5) is 5.36. The Bertz CT molecular complexity index is 816. The molecule has 0 radical (unpaired) electrons. The number of alkyl halides is 2. The van der Waals surface area contributed by atoms with Gasteiger partial charge in [-0.15, -0.1) is 11.3 Å². The average molecular weight is 327 g/mol. The van der Waals surface area contributed by atoms with E-state index in [2.05, 4.69) is 14.8 Å². The van der Waals surface area contributed by atoms with Crippen molar-refractivity contribution >= 4 is 17.0 Å². The third-order valence-corrected chi connectivity index (χ3v) is 4.13. The summed E-state index contributed by atoms with van der Waals surface area (Å²) in [5.41, 5.74) is 1.89. The number of aryl methyl sites for hydroxylation is 1. The van der Waals surface area contributed by atoms with Crippen LogP contribution >= 0.6 is 11.3 Å². The molecule has 0 amide bonds. The van der Waals surface area contributed by atoms with Gasteiger partial charge in [0.1, 0.15) is 0 Å². The zero-order chi connectivity index (χ0) is 15.9. The van der Waals surface area contributed by atoms with Crippen molar-refractivity contribution in [3.8, 4) is 16.9 Å². The molecule has 0 saturated heterocycles. The SMILES string of the molecule is Cc1sc(C(O)O)cc1-c1cnn2cc(OC(F)F)cnc12. The maximum atomic E-state index is 12.2. The van der Waals surface area contributed by atoms with Crippen LogP contribution in [0.5, 0.6) is 5.75 Å². The van der Waals surface area contributed by atoms with Gasteiger partial charge in [-0.25, -0.2) is 9.50 Å². The second kappa shape index (κ2) is 5.59. The van der Waals surface area contributed by atoms with Gasteiger partial charge in [0.05, 0.1) is 23.5 Å². The number of thiophene rings is 1. The van der Waals surface area contributed by atoms with E-state index < -0.39 is 12.9 Å². The number of aliphatic hydroxyl groups excluding tert-OH is 1. The molecule has 3 heterocycles. The van der Waals surface area contributed by atoms with Crippen molar-refractivity contribution in [2.45, 2.75) is 19.8 Å². The molecule has 0 aliphatic heterocycles. The van der Waals surface area contributed by atoms with Gasteiger partial charge >= 0.3 is 6.61 Å². The Balaban J connectivity index is 2.05. The molecular formula is C13H11F2N3O3S. The van der Waals surface area contributed by atoms with Crippen molar-refractivity contribution < 1.29 is 23.7 Å². The first kappa shape index (κ1) is 14.8. The van der Waals surface area contributed by atoms with Crippen LogP contribution in [0.3, 0.4) is 0 Å². The smallest absolute Gasteiger partial charge is 0.387 e. The molecule has 6 nitrogen and oxygen atoms in total. The first-order chi connectivity index (χ1) is 10.5. The molecule has 0 fully saturated rings. The fourth-order valence-electron chi connectivity index (χ4n) is 2.11. The van der Waals surface area contributed by atoms with Crippen molar-refractivity contribution in [3.63, 3.8) is 0 Å². The molecule has 0 spiro atoms. The summed E-state index contributed by atoms with van der Waals surface area (Å²) in [5.74, 6) is -0.0920. The lowest BCUT2D eigenvalue weighted by Crippen LogP contribution is -2.03. The molecule has 0 atom stereocenters. The summed E-state index contributed by atoms with van der Waals surface area (Å²) in [7, 11) is 0. The number of aliphatic hydroxyl groups is 2. The van der Waals surface area contributed by atoms with Gasteiger partial charge in [-0.3, -0.25) is 0 Å². The van der Waals surface area contributed by atoms with Crippen LogP contribution in [0.4, 0.5) is 8.78 Å². The van der Waals surface area contributed by atoms with E-state index in [0.717, 1.165) is 10.4 Å². The van der Waals surface area contributed by atoms with Gasteiger partial charge in [0.15, 0.2) is 17.7 Å². The van der Waals surface area contributed by atoms with Crippen LogP contribution in [0.15, 0.2) is 24.7 Å². The summed E-state index contributed by atoms with van der Waals surface area (Å²) in [6, 6.07) is 1.65. The number of ether oxygens (including phenoxy) is 1. The molecule has 0 aliphatic carbocycles. The minimum Gasteiger partial charge on any atom is -0.432 e. The van der Waals surface area contributed by atoms with E-state index in [1.807, 2.05) is 6.92 Å². The second-order valence-corrected chi connectivity index (χ2v) is 5.77. The van der Waals surface area contributed by atoms with Crippen LogP contribution < -0.4 is 4.74 Å². The number of aromatic nitrogens is 3. The Morgan fingerprint density at radius 1 is 1.27 bits per heavy atom. The number of halogens is 2. The Morgan fingerprint density at radius 3 is 2.68 bits per heavy atom. The van der Waals surface area contributed by atoms with Gasteiger partial charge in [-0.2, -0.15) is 13.9 Å². The molecule has 0 aromatic carbocycles. The van der Waals surface area contributed by atoms with Crippen LogP contribution in [-0.2, 0) is 0 Å². The van der Waals surface area contributed by atoms with Gasteiger partial charge in [0, 0.05) is 16.0 Å². The number of nitrogens with zero attached hydrogens (tertiary/aromatic N) is 3. The highest BCUT2D eigenvalue weighted by molar-refractivity contribution is 7.12. The normalized spacial score (nSPS) is 11.8. The first-order valence-corrected chi connectivity index (χ1v) is 7.02. The fraction of sp³-hybridized carbons (Fsp3) is 0.231. The topological polar surface area (TPSA) is 79.9 Å². The molecule has 116 valence electrons. The van der Waals surface area contributed by atoms with Crippen LogP contribution in [0.1, 0.15) is 16.0 Å². The van der Waals surface area contributed by atoms with E-state index in [9.17, 15) is 19.0 Å². The zero-order valence-corrected chi connectivity index (χ0v) is 12.1. The summed E-state index contributed by atoms with van der Waals surface area (Å²) < 4.78 is 30.0. The Labute approximate surface area is 127 Å². The highest BCUT2D eigenvalue weighted by atomic mass is 32.1. The molecular weight excluding hydrogens is 316 g/mol. The van der Waals surface area contributed by atoms with E-state index in [4.69, 9.17) is 0 Å². The quantitative estimate of drug-likeness (QED) is 0.719. The van der Waals surface area contributed by atoms with E-state index in [0.29, 0.717) is 16.1 Å². The van der Waals surface area contributed by atoms with Crippen LogP contribution in [-0.4, -0.2) is 31.4 Å². The maximum Gasteiger partial charge on any atom is 0.387 e. The highest BCUT2D eigenvalue weighted by Gasteiger charge is 2.17. The number of rotatable bonds is 4. The largest absolute Gasteiger partial charge is 0.432 e. The maximum absolute atomic E-state index is 12.2. The molecule has 9 heteroatoms. The Hall–Kier alpha value is -2.10. The minimum atomic E-state index is -2.93. The molecule has 3 aromatic heterocycles. The van der Waals surface area contributed by atoms with Gasteiger partial charge in [0.2, 0.25) is 0 Å². The highest BCUT2D eigenvalue weighted by Crippen LogP contribution is 2.35. The molecule has 0 unspecified atom stereocenters.